The zero-order valence-electron chi connectivity index (χ0n) is 3.83. The highest BCUT2D eigenvalue weighted by Gasteiger charge is 1.64. The van der Waals surface area contributed by atoms with Gasteiger partial charge in [-0.1, -0.05) is 0 Å². The summed E-state index contributed by atoms with van der Waals surface area (Å²) < 4.78 is 0. The first-order valence-electron chi connectivity index (χ1n) is 1.29. The van der Waals surface area contributed by atoms with Gasteiger partial charge in [-0.2, -0.15) is 0 Å². The zero-order chi connectivity index (χ0) is 3.58. The lowest BCUT2D eigenvalue weighted by atomic mass is 10.5. The monoisotopic (exact) mass is 128 g/mol. The van der Waals surface area contributed by atoms with Crippen LogP contribution in [-0.4, -0.2) is 5.71 Å². The van der Waals surface area contributed by atoms with Gasteiger partial charge in [-0.25, -0.2) is 0 Å². The average molecular weight is 129 g/mol. The van der Waals surface area contributed by atoms with Crippen LogP contribution in [0.3, 0.4) is 0 Å². The van der Waals surface area contributed by atoms with Crippen molar-refractivity contribution in [2.75, 3.05) is 0 Å². The number of hydrogen-bond donors (Lipinski definition) is 1. The van der Waals surface area contributed by atoms with Gasteiger partial charge in [0.2, 0.25) is 0 Å². The van der Waals surface area contributed by atoms with Crippen molar-refractivity contribution in [2.45, 2.75) is 13.8 Å². The van der Waals surface area contributed by atoms with Crippen LogP contribution in [0.25, 0.3) is 0 Å². The van der Waals surface area contributed by atoms with Gasteiger partial charge in [0, 0.05) is 13.8 Å². The van der Waals surface area contributed by atoms with E-state index in [1.54, 1.807) is 0 Å². The van der Waals surface area contributed by atoms with E-state index in [-0.39, 0.29) is 24.8 Å². The Morgan fingerprint density at radius 3 is 1.17 bits per heavy atom. The lowest BCUT2D eigenvalue weighted by molar-refractivity contribution is -0.115. The smallest absolute Gasteiger partial charge is 0.142 e. The first-order valence-corrected chi connectivity index (χ1v) is 1.29. The third-order valence-electron chi connectivity index (χ3n) is 0. The topological polar surface area (TPSA) is 25.6 Å². The lowest BCUT2D eigenvalue weighted by Crippen LogP contribution is -3.00. The zero-order valence-corrected chi connectivity index (χ0v) is 5.35. The second kappa shape index (κ2) is 8.98. The van der Waals surface area contributed by atoms with E-state index < -0.39 is 0 Å². The normalized spacial score (nSPS) is 4.33. The summed E-state index contributed by atoms with van der Waals surface area (Å²) in [6, 6.07) is 0. The number of nitrogens with two attached hydrogens (primary N) is 1. The Morgan fingerprint density at radius 1 is 1.17 bits per heavy atom. The maximum Gasteiger partial charge on any atom is 0.142 e. The van der Waals surface area contributed by atoms with Gasteiger partial charge in [0.25, 0.3) is 0 Å². The molecule has 0 saturated heterocycles. The predicted molar refractivity (Wildman–Crippen MR) is 18.3 cm³/mol. The molecular formula is C3H8Cl2N-. The fourth-order valence-corrected chi connectivity index (χ4v) is 0. The van der Waals surface area contributed by atoms with Crippen LogP contribution in [0.4, 0.5) is 0 Å². The van der Waals surface area contributed by atoms with Crippen molar-refractivity contribution in [1.29, 1.82) is 0 Å². The van der Waals surface area contributed by atoms with Crippen LogP contribution in [0, 0.1) is 0 Å². The Balaban J connectivity index is -0.0000000450. The molecule has 0 atom stereocenters. The average Bonchev–Trinajstić information content (AvgIpc) is 0.811. The summed E-state index contributed by atoms with van der Waals surface area (Å²) in [5.41, 5.74) is 0.917. The molecule has 0 aromatic carbocycles. The summed E-state index contributed by atoms with van der Waals surface area (Å²) in [6.07, 6.45) is 0. The summed E-state index contributed by atoms with van der Waals surface area (Å²) in [5.74, 6) is 0. The molecule has 3 heteroatoms. The van der Waals surface area contributed by atoms with Gasteiger partial charge in [0.05, 0.1) is 0 Å². The van der Waals surface area contributed by atoms with Crippen LogP contribution in [0.15, 0.2) is 0 Å². The van der Waals surface area contributed by atoms with Crippen LogP contribution < -0.4 is 30.2 Å². The molecule has 0 unspecified atom stereocenters. The van der Waals surface area contributed by atoms with Crippen molar-refractivity contribution in [3.63, 3.8) is 0 Å². The minimum atomic E-state index is 0. The third kappa shape index (κ3) is 718. The molecule has 0 aromatic heterocycles. The van der Waals surface area contributed by atoms with Crippen LogP contribution in [0.1, 0.15) is 13.8 Å². The van der Waals surface area contributed by atoms with Gasteiger partial charge in [0.1, 0.15) is 5.71 Å². The highest BCUT2D eigenvalue weighted by Crippen LogP contribution is 1.43. The first kappa shape index (κ1) is 16.3. The predicted octanol–water partition coefficient (Wildman–Crippen LogP) is -6.77. The maximum atomic E-state index is 5.03. The summed E-state index contributed by atoms with van der Waals surface area (Å²) in [7, 11) is 0. The molecule has 40 valence electrons. The molecule has 1 nitrogen and oxygen atoms in total. The maximum absolute atomic E-state index is 5.03. The van der Waals surface area contributed by atoms with E-state index in [4.69, 9.17) is 5.41 Å². The highest BCUT2D eigenvalue weighted by molar-refractivity contribution is 5.72. The van der Waals surface area contributed by atoms with Crippen molar-refractivity contribution in [3.05, 3.63) is 0 Å². The van der Waals surface area contributed by atoms with E-state index in [2.05, 4.69) is 0 Å². The molecule has 0 radical (unpaired) electrons. The van der Waals surface area contributed by atoms with Crippen molar-refractivity contribution in [1.82, 2.24) is 0 Å². The Kier molecular flexibility index (Phi) is 24.4. The van der Waals surface area contributed by atoms with Gasteiger partial charge < -0.3 is 24.8 Å². The van der Waals surface area contributed by atoms with Crippen LogP contribution in [-0.2, 0) is 0 Å². The fraction of sp³-hybridized carbons (Fsp3) is 0.667. The van der Waals surface area contributed by atoms with E-state index in [9.17, 15) is 0 Å². The molecule has 0 amide bonds. The summed E-state index contributed by atoms with van der Waals surface area (Å²) >= 11 is 0. The molecule has 0 aliphatic carbocycles. The van der Waals surface area contributed by atoms with E-state index in [1.165, 1.54) is 0 Å². The minimum absolute atomic E-state index is 0. The molecule has 0 aromatic rings. The fourth-order valence-electron chi connectivity index (χ4n) is 0. The minimum Gasteiger partial charge on any atom is -1.00 e. The molecule has 6 heavy (non-hydrogen) atoms. The van der Waals surface area contributed by atoms with Crippen LogP contribution in [0.2, 0.25) is 0 Å². The highest BCUT2D eigenvalue weighted by atomic mass is 35.5. The van der Waals surface area contributed by atoms with Crippen molar-refractivity contribution >= 4 is 5.71 Å². The molecule has 0 rings (SSSR count). The van der Waals surface area contributed by atoms with E-state index in [0.717, 1.165) is 5.71 Å². The van der Waals surface area contributed by atoms with Gasteiger partial charge in [-0.05, 0) is 0 Å². The quantitative estimate of drug-likeness (QED) is 0.315. The van der Waals surface area contributed by atoms with Crippen molar-refractivity contribution < 1.29 is 30.2 Å². The molecule has 0 spiro atoms. The van der Waals surface area contributed by atoms with Crippen molar-refractivity contribution in [2.24, 2.45) is 0 Å². The molecule has 0 fully saturated rings. The summed E-state index contributed by atoms with van der Waals surface area (Å²) in [6.45, 7) is 3.72. The Labute approximate surface area is 50.5 Å². The van der Waals surface area contributed by atoms with Crippen LogP contribution in [0.5, 0.6) is 0 Å². The molecule has 0 bridgehead atoms. The molecular weight excluding hydrogens is 121 g/mol. The third-order valence-corrected chi connectivity index (χ3v) is 0. The lowest BCUT2D eigenvalue weighted by Gasteiger charge is -1.54. The Hall–Kier alpha value is 0.250. The standard InChI is InChI=1S/C3H7N.2ClH/c1-3(2)4;;/h4H,1-2H3;2*1H/p-1. The summed E-state index contributed by atoms with van der Waals surface area (Å²) in [4.78, 5) is 0. The summed E-state index contributed by atoms with van der Waals surface area (Å²) in [5, 5.41) is 5.03. The van der Waals surface area contributed by atoms with Gasteiger partial charge in [-0.15, -0.1) is 0 Å². The van der Waals surface area contributed by atoms with E-state index >= 15 is 0 Å². The largest absolute Gasteiger partial charge is 1.00 e. The van der Waals surface area contributed by atoms with Gasteiger partial charge in [0.15, 0.2) is 0 Å². The SMILES string of the molecule is CC(C)=[NH2+].[Cl-].[Cl-]. The van der Waals surface area contributed by atoms with Gasteiger partial charge in [-0.3, -0.25) is 5.41 Å². The second-order valence-corrected chi connectivity index (χ2v) is 1.08. The molecule has 0 aliphatic heterocycles. The van der Waals surface area contributed by atoms with Gasteiger partial charge >= 0.3 is 0 Å². The van der Waals surface area contributed by atoms with E-state index in [0.29, 0.717) is 0 Å². The number of halogens is 2. The van der Waals surface area contributed by atoms with E-state index in [1.807, 2.05) is 13.8 Å². The first-order chi connectivity index (χ1) is 1.73. The second-order valence-electron chi connectivity index (χ2n) is 1.08. The molecule has 2 N–H and O–H groups in total. The van der Waals surface area contributed by atoms with Crippen LogP contribution >= 0.6 is 0 Å². The molecule has 0 heterocycles. The number of hydrogen-bond acceptors (Lipinski definition) is 0. The molecule has 0 aliphatic rings. The Bertz CT molecular complexity index is 31.8. The number of rotatable bonds is 0. The Morgan fingerprint density at radius 2 is 1.17 bits per heavy atom. The van der Waals surface area contributed by atoms with Crippen molar-refractivity contribution in [3.8, 4) is 0 Å². The molecule has 0 saturated carbocycles.